The average Bonchev–Trinajstić information content (AvgIpc) is 2.72. The van der Waals surface area contributed by atoms with Gasteiger partial charge in [0.15, 0.2) is 11.5 Å². The van der Waals surface area contributed by atoms with E-state index in [1.165, 1.54) is 0 Å². The van der Waals surface area contributed by atoms with Crippen LogP contribution in [0.15, 0.2) is 18.2 Å². The summed E-state index contributed by atoms with van der Waals surface area (Å²) in [7, 11) is 0. The Bertz CT molecular complexity index is 412. The zero-order valence-electron chi connectivity index (χ0n) is 9.37. The first kappa shape index (κ1) is 14.9. The van der Waals surface area contributed by atoms with Crippen molar-refractivity contribution in [1.82, 2.24) is 0 Å². The van der Waals surface area contributed by atoms with Crippen LogP contribution in [0.1, 0.15) is 24.4 Å². The first-order chi connectivity index (χ1) is 7.97. The third-order valence-corrected chi connectivity index (χ3v) is 2.57. The molecule has 3 nitrogen and oxygen atoms in total. The maximum absolute atomic E-state index is 12.1. The van der Waals surface area contributed by atoms with E-state index in [1.807, 2.05) is 0 Å². The van der Waals surface area contributed by atoms with Crippen LogP contribution in [0.2, 0.25) is 0 Å². The van der Waals surface area contributed by atoms with Crippen molar-refractivity contribution in [2.24, 2.45) is 5.73 Å². The lowest BCUT2D eigenvalue weighted by molar-refractivity contribution is -0.136. The summed E-state index contributed by atoms with van der Waals surface area (Å²) < 4.78 is 46.6. The number of hydrogen-bond acceptors (Lipinski definition) is 3. The van der Waals surface area contributed by atoms with Crippen molar-refractivity contribution in [3.8, 4) is 11.5 Å². The van der Waals surface area contributed by atoms with Gasteiger partial charge in [-0.2, -0.15) is 13.2 Å². The number of para-hydroxylation sites is 1. The maximum Gasteiger partial charge on any atom is 0.389 e. The normalized spacial score (nSPS) is 15.1. The van der Waals surface area contributed by atoms with Crippen LogP contribution >= 0.6 is 12.4 Å². The molecule has 2 N–H and O–H groups in total. The predicted molar refractivity (Wildman–Crippen MR) is 62.0 cm³/mol. The number of benzene rings is 1. The van der Waals surface area contributed by atoms with Crippen molar-refractivity contribution in [3.63, 3.8) is 0 Å². The van der Waals surface area contributed by atoms with E-state index in [-0.39, 0.29) is 25.6 Å². The van der Waals surface area contributed by atoms with Crippen LogP contribution in [0, 0.1) is 0 Å². The molecule has 0 saturated carbocycles. The Morgan fingerprint density at radius 2 is 2.00 bits per heavy atom. The van der Waals surface area contributed by atoms with Crippen molar-refractivity contribution in [1.29, 1.82) is 0 Å². The molecule has 0 bridgehead atoms. The number of halogens is 4. The quantitative estimate of drug-likeness (QED) is 0.926. The Hall–Kier alpha value is -1.14. The first-order valence-electron chi connectivity index (χ1n) is 5.18. The minimum Gasteiger partial charge on any atom is -0.454 e. The molecule has 1 aromatic rings. The number of nitrogens with two attached hydrogens (primary N) is 1. The molecule has 1 heterocycles. The number of rotatable bonds is 3. The maximum atomic E-state index is 12.1. The van der Waals surface area contributed by atoms with Gasteiger partial charge >= 0.3 is 6.18 Å². The number of hydrogen-bond donors (Lipinski definition) is 1. The fraction of sp³-hybridized carbons (Fsp3) is 0.455. The SMILES string of the molecule is Cl.N[C@H](CCC(F)(F)F)c1cccc2c1OCO2. The largest absolute Gasteiger partial charge is 0.454 e. The molecular formula is C11H13ClF3NO2. The van der Waals surface area contributed by atoms with Gasteiger partial charge in [0.25, 0.3) is 0 Å². The fourth-order valence-electron chi connectivity index (χ4n) is 1.72. The summed E-state index contributed by atoms with van der Waals surface area (Å²) in [6, 6.07) is 4.35. The van der Waals surface area contributed by atoms with Crippen LogP contribution < -0.4 is 15.2 Å². The summed E-state index contributed by atoms with van der Waals surface area (Å²) in [6.07, 6.45) is -5.26. The Labute approximate surface area is 108 Å². The number of alkyl halides is 3. The molecule has 0 spiro atoms. The van der Waals surface area contributed by atoms with Gasteiger partial charge in [0.1, 0.15) is 0 Å². The second-order valence-corrected chi connectivity index (χ2v) is 3.84. The van der Waals surface area contributed by atoms with Gasteiger partial charge < -0.3 is 15.2 Å². The fourth-order valence-corrected chi connectivity index (χ4v) is 1.72. The van der Waals surface area contributed by atoms with Gasteiger partial charge in [-0.3, -0.25) is 0 Å². The summed E-state index contributed by atoms with van der Waals surface area (Å²) in [4.78, 5) is 0. The second-order valence-electron chi connectivity index (χ2n) is 3.84. The molecule has 2 rings (SSSR count). The lowest BCUT2D eigenvalue weighted by atomic mass is 10.0. The van der Waals surface area contributed by atoms with Crippen molar-refractivity contribution >= 4 is 12.4 Å². The molecule has 1 aliphatic heterocycles. The third kappa shape index (κ3) is 3.43. The van der Waals surface area contributed by atoms with E-state index < -0.39 is 18.6 Å². The average molecular weight is 284 g/mol. The Morgan fingerprint density at radius 3 is 2.67 bits per heavy atom. The van der Waals surface area contributed by atoms with Crippen LogP contribution in [0.5, 0.6) is 11.5 Å². The first-order valence-corrected chi connectivity index (χ1v) is 5.18. The molecule has 7 heteroatoms. The van der Waals surface area contributed by atoms with Crippen molar-refractivity contribution in [2.75, 3.05) is 6.79 Å². The standard InChI is InChI=1S/C11H12F3NO2.ClH/c12-11(13,14)5-4-8(15)7-2-1-3-9-10(7)17-6-16-9;/h1-3,8H,4-6,15H2;1H/t8-;/m1./s1. The second kappa shape index (κ2) is 5.67. The molecule has 0 fully saturated rings. The van der Waals surface area contributed by atoms with Gasteiger partial charge in [-0.25, -0.2) is 0 Å². The molecule has 0 saturated heterocycles. The lowest BCUT2D eigenvalue weighted by Gasteiger charge is -2.15. The molecule has 1 atom stereocenters. The van der Waals surface area contributed by atoms with Crippen LogP contribution in [-0.4, -0.2) is 13.0 Å². The molecule has 102 valence electrons. The zero-order chi connectivity index (χ0) is 12.5. The van der Waals surface area contributed by atoms with E-state index in [4.69, 9.17) is 15.2 Å². The van der Waals surface area contributed by atoms with E-state index >= 15 is 0 Å². The lowest BCUT2D eigenvalue weighted by Crippen LogP contribution is -2.16. The highest BCUT2D eigenvalue weighted by Crippen LogP contribution is 2.39. The molecule has 0 radical (unpaired) electrons. The van der Waals surface area contributed by atoms with Crippen molar-refractivity contribution < 1.29 is 22.6 Å². The monoisotopic (exact) mass is 283 g/mol. The molecule has 1 aliphatic rings. The van der Waals surface area contributed by atoms with Gasteiger partial charge in [-0.05, 0) is 12.5 Å². The smallest absolute Gasteiger partial charge is 0.389 e. The molecule has 0 aliphatic carbocycles. The highest BCUT2D eigenvalue weighted by Gasteiger charge is 2.29. The van der Waals surface area contributed by atoms with Gasteiger partial charge in [0, 0.05) is 18.0 Å². The summed E-state index contributed by atoms with van der Waals surface area (Å²) in [5, 5.41) is 0. The Kier molecular flexibility index (Phi) is 4.70. The highest BCUT2D eigenvalue weighted by atomic mass is 35.5. The number of fused-ring (bicyclic) bond motifs is 1. The van der Waals surface area contributed by atoms with Gasteiger partial charge in [-0.1, -0.05) is 12.1 Å². The van der Waals surface area contributed by atoms with Gasteiger partial charge in [0.05, 0.1) is 0 Å². The zero-order valence-corrected chi connectivity index (χ0v) is 10.2. The predicted octanol–water partition coefficient (Wildman–Crippen LogP) is 3.18. The van der Waals surface area contributed by atoms with E-state index in [1.54, 1.807) is 18.2 Å². The minimum absolute atomic E-state index is 0. The van der Waals surface area contributed by atoms with E-state index in [0.29, 0.717) is 17.1 Å². The summed E-state index contributed by atoms with van der Waals surface area (Å²) >= 11 is 0. The van der Waals surface area contributed by atoms with Crippen molar-refractivity contribution in [3.05, 3.63) is 23.8 Å². The molecular weight excluding hydrogens is 271 g/mol. The van der Waals surface area contributed by atoms with Crippen molar-refractivity contribution in [2.45, 2.75) is 25.1 Å². The van der Waals surface area contributed by atoms with Crippen LogP contribution in [0.3, 0.4) is 0 Å². The van der Waals surface area contributed by atoms with E-state index in [9.17, 15) is 13.2 Å². The molecule has 0 unspecified atom stereocenters. The van der Waals surface area contributed by atoms with Gasteiger partial charge in [0.2, 0.25) is 6.79 Å². The third-order valence-electron chi connectivity index (χ3n) is 2.57. The van der Waals surface area contributed by atoms with Crippen LogP contribution in [0.25, 0.3) is 0 Å². The summed E-state index contributed by atoms with van der Waals surface area (Å²) in [6.45, 7) is 0.0817. The molecule has 1 aromatic carbocycles. The van der Waals surface area contributed by atoms with Gasteiger partial charge in [-0.15, -0.1) is 12.4 Å². The van der Waals surface area contributed by atoms with Crippen LogP contribution in [-0.2, 0) is 0 Å². The summed E-state index contributed by atoms with van der Waals surface area (Å²) in [5.74, 6) is 0.993. The molecule has 18 heavy (non-hydrogen) atoms. The summed E-state index contributed by atoms with van der Waals surface area (Å²) in [5.41, 5.74) is 6.30. The van der Waals surface area contributed by atoms with Crippen LogP contribution in [0.4, 0.5) is 13.2 Å². The van der Waals surface area contributed by atoms with E-state index in [0.717, 1.165) is 0 Å². The minimum atomic E-state index is -4.19. The van der Waals surface area contributed by atoms with E-state index in [2.05, 4.69) is 0 Å². The number of ether oxygens (including phenoxy) is 2. The Morgan fingerprint density at radius 1 is 1.28 bits per heavy atom. The highest BCUT2D eigenvalue weighted by molar-refractivity contribution is 5.85. The topological polar surface area (TPSA) is 44.5 Å². The molecule has 0 amide bonds. The Balaban J connectivity index is 0.00000162. The molecule has 0 aromatic heterocycles.